The Morgan fingerprint density at radius 2 is 2.35 bits per heavy atom. The van der Waals surface area contributed by atoms with Crippen LogP contribution in [-0.2, 0) is 4.74 Å². The van der Waals surface area contributed by atoms with E-state index in [1.807, 2.05) is 10.9 Å². The lowest BCUT2D eigenvalue weighted by atomic mass is 10.1. The first-order valence-electron chi connectivity index (χ1n) is 5.83. The first-order valence-corrected chi connectivity index (χ1v) is 5.83. The molecule has 6 heteroatoms. The number of carbonyl (C=O) groups is 1. The summed E-state index contributed by atoms with van der Waals surface area (Å²) in [6, 6.07) is 2.02. The van der Waals surface area contributed by atoms with Crippen LogP contribution in [0, 0.1) is 0 Å². The van der Waals surface area contributed by atoms with Crippen molar-refractivity contribution in [3.63, 3.8) is 0 Å². The molecule has 1 amide bonds. The lowest BCUT2D eigenvalue weighted by Crippen LogP contribution is -2.27. The summed E-state index contributed by atoms with van der Waals surface area (Å²) in [6.07, 6.45) is 3.68. The van der Waals surface area contributed by atoms with Gasteiger partial charge >= 0.3 is 0 Å². The SMILES string of the molecule is O=C(NCCO)c1ccn(C2CCOCC2)n1. The van der Waals surface area contributed by atoms with E-state index in [1.165, 1.54) is 0 Å². The second kappa shape index (κ2) is 5.79. The van der Waals surface area contributed by atoms with Crippen molar-refractivity contribution in [1.82, 2.24) is 15.1 Å². The molecule has 17 heavy (non-hydrogen) atoms. The Hall–Kier alpha value is -1.40. The number of amides is 1. The van der Waals surface area contributed by atoms with Crippen LogP contribution in [0.1, 0.15) is 29.4 Å². The highest BCUT2D eigenvalue weighted by molar-refractivity contribution is 5.92. The average Bonchev–Trinajstić information content (AvgIpc) is 2.86. The predicted molar refractivity (Wildman–Crippen MR) is 60.7 cm³/mol. The topological polar surface area (TPSA) is 76.4 Å². The molecule has 0 aromatic carbocycles. The van der Waals surface area contributed by atoms with Gasteiger partial charge in [0.2, 0.25) is 0 Å². The zero-order valence-electron chi connectivity index (χ0n) is 9.63. The van der Waals surface area contributed by atoms with E-state index < -0.39 is 0 Å². The molecule has 0 atom stereocenters. The van der Waals surface area contributed by atoms with Crippen molar-refractivity contribution in [3.05, 3.63) is 18.0 Å². The number of aromatic nitrogens is 2. The third kappa shape index (κ3) is 3.04. The molecule has 2 rings (SSSR count). The van der Waals surface area contributed by atoms with Gasteiger partial charge in [0.25, 0.3) is 5.91 Å². The molecule has 0 unspecified atom stereocenters. The quantitative estimate of drug-likeness (QED) is 0.772. The molecule has 1 saturated heterocycles. The fourth-order valence-electron chi connectivity index (χ4n) is 1.87. The van der Waals surface area contributed by atoms with E-state index in [0.717, 1.165) is 26.1 Å². The maximum absolute atomic E-state index is 11.6. The summed E-state index contributed by atoms with van der Waals surface area (Å²) < 4.78 is 7.11. The van der Waals surface area contributed by atoms with Crippen LogP contribution in [0.4, 0.5) is 0 Å². The van der Waals surface area contributed by atoms with E-state index >= 15 is 0 Å². The summed E-state index contributed by atoms with van der Waals surface area (Å²) in [5, 5.41) is 15.4. The molecule has 6 nitrogen and oxygen atoms in total. The van der Waals surface area contributed by atoms with Gasteiger partial charge in [-0.15, -0.1) is 0 Å². The molecule has 1 aromatic rings. The first kappa shape index (κ1) is 12.1. The summed E-state index contributed by atoms with van der Waals surface area (Å²) in [4.78, 5) is 11.6. The minimum atomic E-state index is -0.246. The van der Waals surface area contributed by atoms with Crippen molar-refractivity contribution in [3.8, 4) is 0 Å². The van der Waals surface area contributed by atoms with Crippen LogP contribution in [-0.4, -0.2) is 47.2 Å². The largest absolute Gasteiger partial charge is 0.395 e. The van der Waals surface area contributed by atoms with Crippen molar-refractivity contribution >= 4 is 5.91 Å². The molecule has 94 valence electrons. The number of carbonyl (C=O) groups excluding carboxylic acids is 1. The summed E-state index contributed by atoms with van der Waals surface area (Å²) in [5.74, 6) is -0.246. The predicted octanol–water partition coefficient (Wildman–Crippen LogP) is -0.0433. The highest BCUT2D eigenvalue weighted by atomic mass is 16.5. The lowest BCUT2D eigenvalue weighted by molar-refractivity contribution is 0.0660. The van der Waals surface area contributed by atoms with Crippen LogP contribution in [0.3, 0.4) is 0 Å². The highest BCUT2D eigenvalue weighted by Crippen LogP contribution is 2.19. The van der Waals surface area contributed by atoms with Crippen molar-refractivity contribution < 1.29 is 14.6 Å². The van der Waals surface area contributed by atoms with Gasteiger partial charge in [-0.25, -0.2) is 0 Å². The molecule has 2 heterocycles. The lowest BCUT2D eigenvalue weighted by Gasteiger charge is -2.22. The number of hydrogen-bond acceptors (Lipinski definition) is 4. The Kier molecular flexibility index (Phi) is 4.11. The van der Waals surface area contributed by atoms with Crippen LogP contribution >= 0.6 is 0 Å². The van der Waals surface area contributed by atoms with Gasteiger partial charge in [0.15, 0.2) is 0 Å². The molecule has 0 aliphatic carbocycles. The minimum absolute atomic E-state index is 0.0631. The number of aliphatic hydroxyl groups is 1. The molecular weight excluding hydrogens is 222 g/mol. The number of ether oxygens (including phenoxy) is 1. The van der Waals surface area contributed by atoms with E-state index in [1.54, 1.807) is 6.07 Å². The number of nitrogens with zero attached hydrogens (tertiary/aromatic N) is 2. The van der Waals surface area contributed by atoms with Gasteiger partial charge in [0.05, 0.1) is 12.6 Å². The second-order valence-corrected chi connectivity index (χ2v) is 4.00. The van der Waals surface area contributed by atoms with Crippen LogP contribution in [0.25, 0.3) is 0 Å². The monoisotopic (exact) mass is 239 g/mol. The zero-order chi connectivity index (χ0) is 12.1. The number of rotatable bonds is 4. The van der Waals surface area contributed by atoms with E-state index in [9.17, 15) is 4.79 Å². The third-order valence-corrected chi connectivity index (χ3v) is 2.80. The van der Waals surface area contributed by atoms with Gasteiger partial charge in [-0.1, -0.05) is 0 Å². The van der Waals surface area contributed by atoms with Gasteiger partial charge in [-0.05, 0) is 18.9 Å². The Morgan fingerprint density at radius 1 is 1.59 bits per heavy atom. The first-order chi connectivity index (χ1) is 8.31. The zero-order valence-corrected chi connectivity index (χ0v) is 9.63. The van der Waals surface area contributed by atoms with E-state index in [2.05, 4.69) is 10.4 Å². The molecule has 1 aromatic heterocycles. The Bertz CT molecular complexity index is 372. The Balaban J connectivity index is 1.97. The molecule has 0 saturated carbocycles. The fourth-order valence-corrected chi connectivity index (χ4v) is 1.87. The molecular formula is C11H17N3O3. The summed E-state index contributed by atoms with van der Waals surface area (Å²) in [6.45, 7) is 1.68. The number of hydrogen-bond donors (Lipinski definition) is 2. The standard InChI is InChI=1S/C11H17N3O3/c15-6-4-12-11(16)10-1-5-14(13-10)9-2-7-17-8-3-9/h1,5,9,15H,2-4,6-8H2,(H,12,16). The van der Waals surface area contributed by atoms with Crippen molar-refractivity contribution in [2.75, 3.05) is 26.4 Å². The molecule has 0 radical (unpaired) electrons. The van der Waals surface area contributed by atoms with Crippen molar-refractivity contribution in [2.45, 2.75) is 18.9 Å². The van der Waals surface area contributed by atoms with Crippen LogP contribution < -0.4 is 5.32 Å². The van der Waals surface area contributed by atoms with E-state index in [4.69, 9.17) is 9.84 Å². The highest BCUT2D eigenvalue weighted by Gasteiger charge is 2.17. The van der Waals surface area contributed by atoms with E-state index in [0.29, 0.717) is 11.7 Å². The fraction of sp³-hybridized carbons (Fsp3) is 0.636. The van der Waals surface area contributed by atoms with Crippen molar-refractivity contribution in [1.29, 1.82) is 0 Å². The van der Waals surface area contributed by atoms with E-state index in [-0.39, 0.29) is 19.1 Å². The molecule has 1 aliphatic rings. The maximum atomic E-state index is 11.6. The molecule has 0 spiro atoms. The Morgan fingerprint density at radius 3 is 3.06 bits per heavy atom. The summed E-state index contributed by atoms with van der Waals surface area (Å²) in [7, 11) is 0. The number of aliphatic hydroxyl groups excluding tert-OH is 1. The average molecular weight is 239 g/mol. The molecule has 0 bridgehead atoms. The van der Waals surface area contributed by atoms with Crippen LogP contribution in [0.15, 0.2) is 12.3 Å². The summed E-state index contributed by atoms with van der Waals surface area (Å²) in [5.41, 5.74) is 0.393. The van der Waals surface area contributed by atoms with Crippen molar-refractivity contribution in [2.24, 2.45) is 0 Å². The second-order valence-electron chi connectivity index (χ2n) is 4.00. The van der Waals surface area contributed by atoms with Gasteiger partial charge in [0, 0.05) is 26.0 Å². The minimum Gasteiger partial charge on any atom is -0.395 e. The van der Waals surface area contributed by atoms with Gasteiger partial charge in [-0.3, -0.25) is 9.48 Å². The van der Waals surface area contributed by atoms with Crippen LogP contribution in [0.2, 0.25) is 0 Å². The normalized spacial score (nSPS) is 17.0. The molecule has 1 aliphatic heterocycles. The van der Waals surface area contributed by atoms with Crippen LogP contribution in [0.5, 0.6) is 0 Å². The maximum Gasteiger partial charge on any atom is 0.271 e. The Labute approximate surface area is 99.6 Å². The molecule has 1 fully saturated rings. The van der Waals surface area contributed by atoms with Gasteiger partial charge in [-0.2, -0.15) is 5.10 Å². The smallest absolute Gasteiger partial charge is 0.271 e. The van der Waals surface area contributed by atoms with Gasteiger partial charge in [0.1, 0.15) is 5.69 Å². The van der Waals surface area contributed by atoms with Gasteiger partial charge < -0.3 is 15.2 Å². The third-order valence-electron chi connectivity index (χ3n) is 2.80. The number of nitrogens with one attached hydrogen (secondary N) is 1. The summed E-state index contributed by atoms with van der Waals surface area (Å²) >= 11 is 0. The molecule has 2 N–H and O–H groups in total.